The van der Waals surface area contributed by atoms with Crippen molar-refractivity contribution in [2.24, 2.45) is 0 Å². The van der Waals surface area contributed by atoms with Crippen LogP contribution in [0.25, 0.3) is 0 Å². The van der Waals surface area contributed by atoms with Crippen molar-refractivity contribution in [2.45, 2.75) is 38.1 Å². The summed E-state index contributed by atoms with van der Waals surface area (Å²) in [5.74, 6) is 0. The summed E-state index contributed by atoms with van der Waals surface area (Å²) < 4.78 is 0. The molecule has 1 aromatic rings. The topological polar surface area (TPSA) is 31.9 Å². The van der Waals surface area contributed by atoms with E-state index in [-0.39, 0.29) is 0 Å². The maximum atomic E-state index is 3.97. The average molecular weight is 179 g/mol. The van der Waals surface area contributed by atoms with Gasteiger partial charge in [0, 0.05) is 19.3 Å². The predicted octanol–water partition coefficient (Wildman–Crippen LogP) is 2.18. The maximum Gasteiger partial charge on any atom is 0.0749 e. The number of aromatic nitrogens is 2. The molecule has 3 nitrogen and oxygen atoms in total. The van der Waals surface area contributed by atoms with Gasteiger partial charge in [-0.15, -0.1) is 0 Å². The summed E-state index contributed by atoms with van der Waals surface area (Å²) in [5, 5.41) is 6.83. The van der Waals surface area contributed by atoms with E-state index in [0.29, 0.717) is 0 Å². The summed E-state index contributed by atoms with van der Waals surface area (Å²) in [6, 6.07) is 0.728. The Balaban J connectivity index is 1.99. The van der Waals surface area contributed by atoms with Gasteiger partial charge in [0.05, 0.1) is 11.9 Å². The lowest BCUT2D eigenvalue weighted by molar-refractivity contribution is 0.427. The van der Waals surface area contributed by atoms with E-state index in [4.69, 9.17) is 0 Å². The molecule has 1 aliphatic rings. The van der Waals surface area contributed by atoms with Crippen LogP contribution in [0.1, 0.15) is 32.1 Å². The third-order valence-electron chi connectivity index (χ3n) is 3.01. The minimum atomic E-state index is 0.728. The quantitative estimate of drug-likeness (QED) is 0.754. The highest BCUT2D eigenvalue weighted by Crippen LogP contribution is 2.24. The van der Waals surface area contributed by atoms with Crippen LogP contribution in [0.3, 0.4) is 0 Å². The van der Waals surface area contributed by atoms with Crippen LogP contribution in [0.4, 0.5) is 5.69 Å². The summed E-state index contributed by atoms with van der Waals surface area (Å²) in [6.45, 7) is 0. The molecule has 1 N–H and O–H groups in total. The van der Waals surface area contributed by atoms with Crippen molar-refractivity contribution < 1.29 is 0 Å². The van der Waals surface area contributed by atoms with Crippen LogP contribution in [0, 0.1) is 0 Å². The van der Waals surface area contributed by atoms with Gasteiger partial charge in [-0.2, -0.15) is 5.10 Å². The number of hydrogen-bond acceptors (Lipinski definition) is 2. The summed E-state index contributed by atoms with van der Waals surface area (Å²) in [5.41, 5.74) is 1.21. The smallest absolute Gasteiger partial charge is 0.0749 e. The molecule has 1 fully saturated rings. The van der Waals surface area contributed by atoms with E-state index in [9.17, 15) is 0 Å². The Labute approximate surface area is 79.1 Å². The van der Waals surface area contributed by atoms with Gasteiger partial charge in [0.25, 0.3) is 0 Å². The van der Waals surface area contributed by atoms with Crippen molar-refractivity contribution in [3.05, 3.63) is 12.4 Å². The van der Waals surface area contributed by atoms with Crippen LogP contribution in [-0.4, -0.2) is 23.3 Å². The fourth-order valence-electron chi connectivity index (χ4n) is 2.12. The number of nitrogens with one attached hydrogen (secondary N) is 1. The number of hydrogen-bond donors (Lipinski definition) is 1. The second-order valence-corrected chi connectivity index (χ2v) is 3.86. The largest absolute Gasteiger partial charge is 0.369 e. The van der Waals surface area contributed by atoms with E-state index >= 15 is 0 Å². The van der Waals surface area contributed by atoms with E-state index in [1.54, 1.807) is 0 Å². The molecule has 1 heterocycles. The molecule has 0 radical (unpaired) electrons. The number of anilines is 1. The molecule has 0 spiro atoms. The van der Waals surface area contributed by atoms with E-state index in [0.717, 1.165) is 6.04 Å². The Morgan fingerprint density at radius 3 is 2.77 bits per heavy atom. The van der Waals surface area contributed by atoms with Crippen molar-refractivity contribution >= 4 is 5.69 Å². The van der Waals surface area contributed by atoms with Crippen molar-refractivity contribution in [2.75, 3.05) is 11.9 Å². The zero-order chi connectivity index (χ0) is 9.10. The Bertz CT molecular complexity index is 237. The lowest BCUT2D eigenvalue weighted by atomic mass is 9.94. The highest BCUT2D eigenvalue weighted by molar-refractivity contribution is 5.41. The molecule has 0 saturated heterocycles. The standard InChI is InChI=1S/C10H17N3/c1-13(10-7-11-12-8-10)9-5-3-2-4-6-9/h7-9H,2-6H2,1H3,(H,11,12). The molecular formula is C10H17N3. The number of aromatic amines is 1. The Hall–Kier alpha value is -0.990. The number of H-pyrrole nitrogens is 1. The van der Waals surface area contributed by atoms with E-state index < -0.39 is 0 Å². The van der Waals surface area contributed by atoms with Crippen LogP contribution in [0.5, 0.6) is 0 Å². The second kappa shape index (κ2) is 3.81. The zero-order valence-corrected chi connectivity index (χ0v) is 8.16. The summed E-state index contributed by atoms with van der Waals surface area (Å²) in [4.78, 5) is 2.35. The van der Waals surface area contributed by atoms with Crippen LogP contribution in [0.15, 0.2) is 12.4 Å². The minimum Gasteiger partial charge on any atom is -0.369 e. The van der Waals surface area contributed by atoms with Gasteiger partial charge >= 0.3 is 0 Å². The van der Waals surface area contributed by atoms with Gasteiger partial charge < -0.3 is 4.90 Å². The molecule has 0 atom stereocenters. The van der Waals surface area contributed by atoms with Gasteiger partial charge in [-0.25, -0.2) is 0 Å². The van der Waals surface area contributed by atoms with Crippen LogP contribution in [0.2, 0.25) is 0 Å². The first-order chi connectivity index (χ1) is 6.38. The molecule has 0 aliphatic heterocycles. The van der Waals surface area contributed by atoms with Crippen molar-refractivity contribution in [3.8, 4) is 0 Å². The average Bonchev–Trinajstić information content (AvgIpc) is 2.71. The molecule has 0 bridgehead atoms. The zero-order valence-electron chi connectivity index (χ0n) is 8.16. The maximum absolute atomic E-state index is 3.97. The lowest BCUT2D eigenvalue weighted by Gasteiger charge is -2.31. The Kier molecular flexibility index (Phi) is 2.52. The predicted molar refractivity (Wildman–Crippen MR) is 53.9 cm³/mol. The molecule has 1 aromatic heterocycles. The highest BCUT2D eigenvalue weighted by Gasteiger charge is 2.18. The van der Waals surface area contributed by atoms with Crippen molar-refractivity contribution in [3.63, 3.8) is 0 Å². The van der Waals surface area contributed by atoms with Crippen LogP contribution >= 0.6 is 0 Å². The normalized spacial score (nSPS) is 18.8. The molecule has 1 aliphatic carbocycles. The fraction of sp³-hybridized carbons (Fsp3) is 0.700. The Morgan fingerprint density at radius 1 is 1.38 bits per heavy atom. The highest BCUT2D eigenvalue weighted by atomic mass is 15.2. The van der Waals surface area contributed by atoms with Crippen LogP contribution < -0.4 is 4.90 Å². The monoisotopic (exact) mass is 179 g/mol. The molecule has 1 saturated carbocycles. The van der Waals surface area contributed by atoms with Gasteiger partial charge in [-0.1, -0.05) is 19.3 Å². The van der Waals surface area contributed by atoms with Gasteiger partial charge in [0.1, 0.15) is 0 Å². The summed E-state index contributed by atoms with van der Waals surface area (Å²) >= 11 is 0. The van der Waals surface area contributed by atoms with Gasteiger partial charge in [-0.3, -0.25) is 5.10 Å². The third-order valence-corrected chi connectivity index (χ3v) is 3.01. The molecule has 2 rings (SSSR count). The van der Waals surface area contributed by atoms with Crippen LogP contribution in [-0.2, 0) is 0 Å². The molecule has 0 unspecified atom stereocenters. The molecule has 72 valence electrons. The summed E-state index contributed by atoms with van der Waals surface area (Å²) in [7, 11) is 2.17. The first-order valence-electron chi connectivity index (χ1n) is 5.09. The van der Waals surface area contributed by atoms with E-state index in [1.165, 1.54) is 37.8 Å². The van der Waals surface area contributed by atoms with E-state index in [1.807, 2.05) is 12.4 Å². The Morgan fingerprint density at radius 2 is 2.15 bits per heavy atom. The fourth-order valence-corrected chi connectivity index (χ4v) is 2.12. The summed E-state index contributed by atoms with van der Waals surface area (Å²) in [6.07, 6.45) is 10.7. The molecule has 0 aromatic carbocycles. The van der Waals surface area contributed by atoms with Gasteiger partial charge in [0.15, 0.2) is 0 Å². The number of rotatable bonds is 2. The minimum absolute atomic E-state index is 0.728. The second-order valence-electron chi connectivity index (χ2n) is 3.86. The van der Waals surface area contributed by atoms with Gasteiger partial charge in [0.2, 0.25) is 0 Å². The molecule has 3 heteroatoms. The van der Waals surface area contributed by atoms with Crippen molar-refractivity contribution in [1.29, 1.82) is 0 Å². The SMILES string of the molecule is CN(c1cn[nH]c1)C1CCCCC1. The third kappa shape index (κ3) is 1.85. The molecular weight excluding hydrogens is 162 g/mol. The molecule has 0 amide bonds. The van der Waals surface area contributed by atoms with E-state index in [2.05, 4.69) is 22.1 Å². The first-order valence-corrected chi connectivity index (χ1v) is 5.09. The van der Waals surface area contributed by atoms with Gasteiger partial charge in [-0.05, 0) is 12.8 Å². The number of nitrogens with zero attached hydrogens (tertiary/aromatic N) is 2. The lowest BCUT2D eigenvalue weighted by Crippen LogP contribution is -2.32. The van der Waals surface area contributed by atoms with Crippen molar-refractivity contribution in [1.82, 2.24) is 10.2 Å². The molecule has 13 heavy (non-hydrogen) atoms. The first kappa shape index (κ1) is 8.60.